The third-order valence-electron chi connectivity index (χ3n) is 9.13. The number of rotatable bonds is 8. The highest BCUT2D eigenvalue weighted by molar-refractivity contribution is 6.09. The number of fused-ring (bicyclic) bond motifs is 1. The van der Waals surface area contributed by atoms with Crippen LogP contribution in [0.25, 0.3) is 22.2 Å². The molecule has 0 radical (unpaired) electrons. The van der Waals surface area contributed by atoms with E-state index in [9.17, 15) is 19.5 Å². The van der Waals surface area contributed by atoms with Crippen LogP contribution in [-0.2, 0) is 6.54 Å². The minimum absolute atomic E-state index is 0.0593. The van der Waals surface area contributed by atoms with E-state index in [-0.39, 0.29) is 23.3 Å². The molecule has 1 saturated carbocycles. The average Bonchev–Trinajstić information content (AvgIpc) is 3.08. The number of nitrogens with zero attached hydrogens (tertiary/aromatic N) is 5. The van der Waals surface area contributed by atoms with Gasteiger partial charge in [0.15, 0.2) is 11.4 Å². The Labute approximate surface area is 262 Å². The lowest BCUT2D eigenvalue weighted by Crippen LogP contribution is -2.49. The van der Waals surface area contributed by atoms with Crippen LogP contribution in [0.15, 0.2) is 67.0 Å². The van der Waals surface area contributed by atoms with Gasteiger partial charge in [-0.2, -0.15) is 0 Å². The highest BCUT2D eigenvalue weighted by Gasteiger charge is 2.30. The maximum Gasteiger partial charge on any atom is 0.356 e. The van der Waals surface area contributed by atoms with E-state index >= 15 is 0 Å². The number of pyridine rings is 1. The zero-order chi connectivity index (χ0) is 31.3. The minimum Gasteiger partial charge on any atom is -0.476 e. The molecule has 2 fully saturated rings. The van der Waals surface area contributed by atoms with Crippen molar-refractivity contribution in [3.05, 3.63) is 89.5 Å². The molecule has 6 rings (SSSR count). The van der Waals surface area contributed by atoms with Gasteiger partial charge in [-0.15, -0.1) is 0 Å². The van der Waals surface area contributed by atoms with Crippen molar-refractivity contribution in [2.45, 2.75) is 51.6 Å². The van der Waals surface area contributed by atoms with Gasteiger partial charge in [-0.05, 0) is 31.7 Å². The monoisotopic (exact) mass is 606 g/mol. The molecule has 2 aliphatic rings. The second kappa shape index (κ2) is 13.5. The summed E-state index contributed by atoms with van der Waals surface area (Å²) in [5.41, 5.74) is 3.47. The summed E-state index contributed by atoms with van der Waals surface area (Å²) in [5, 5.41) is 13.7. The van der Waals surface area contributed by atoms with Crippen molar-refractivity contribution >= 4 is 28.7 Å². The van der Waals surface area contributed by atoms with E-state index in [2.05, 4.69) is 27.1 Å². The molecule has 0 bridgehead atoms. The molecule has 1 saturated heterocycles. The van der Waals surface area contributed by atoms with Crippen molar-refractivity contribution in [2.75, 3.05) is 26.2 Å². The molecule has 3 heterocycles. The molecular weight excluding hydrogens is 568 g/mol. The Morgan fingerprint density at radius 2 is 1.56 bits per heavy atom. The van der Waals surface area contributed by atoms with Crippen molar-refractivity contribution in [2.24, 2.45) is 5.92 Å². The number of aromatic nitrogens is 3. The molecule has 4 aromatic rings. The number of amides is 2. The predicted molar refractivity (Wildman–Crippen MR) is 171 cm³/mol. The van der Waals surface area contributed by atoms with Gasteiger partial charge in [-0.25, -0.2) is 19.7 Å². The average molecular weight is 607 g/mol. The molecule has 1 aliphatic carbocycles. The zero-order valence-corrected chi connectivity index (χ0v) is 25.5. The van der Waals surface area contributed by atoms with Crippen LogP contribution in [0.1, 0.15) is 75.9 Å². The summed E-state index contributed by atoms with van der Waals surface area (Å²) in [5.74, 6) is -1.36. The largest absolute Gasteiger partial charge is 0.476 e. The summed E-state index contributed by atoms with van der Waals surface area (Å²) in [4.78, 5) is 55.9. The van der Waals surface area contributed by atoms with Gasteiger partial charge in [-0.1, -0.05) is 67.8 Å². The maximum absolute atomic E-state index is 14.3. The van der Waals surface area contributed by atoms with Crippen LogP contribution in [0.5, 0.6) is 0 Å². The summed E-state index contributed by atoms with van der Waals surface area (Å²) in [7, 11) is 0. The Hall–Kier alpha value is -4.70. The van der Waals surface area contributed by atoms with E-state index in [1.54, 1.807) is 4.90 Å². The van der Waals surface area contributed by atoms with E-state index in [4.69, 9.17) is 4.98 Å². The first kappa shape index (κ1) is 30.3. The number of para-hydroxylation sites is 1. The number of nitrogens with one attached hydrogen (secondary N) is 1. The number of benzene rings is 2. The molecule has 2 amide bonds. The SMILES string of the molecule is C[C@H](NC(=O)c1c(CN2CCN(C(=O)c3nccnc3C(=O)O)CC2)c(-c2ccccc2)nc2ccccc12)C1CCCCC1. The van der Waals surface area contributed by atoms with Crippen molar-refractivity contribution in [1.29, 1.82) is 0 Å². The van der Waals surface area contributed by atoms with Gasteiger partial charge in [-0.3, -0.25) is 14.5 Å². The van der Waals surface area contributed by atoms with Crippen LogP contribution in [0.3, 0.4) is 0 Å². The van der Waals surface area contributed by atoms with E-state index < -0.39 is 11.9 Å². The molecule has 10 nitrogen and oxygen atoms in total. The van der Waals surface area contributed by atoms with E-state index in [0.717, 1.165) is 40.6 Å². The Morgan fingerprint density at radius 3 is 2.27 bits per heavy atom. The van der Waals surface area contributed by atoms with E-state index in [0.29, 0.717) is 44.2 Å². The van der Waals surface area contributed by atoms with Crippen LogP contribution < -0.4 is 5.32 Å². The fourth-order valence-corrected chi connectivity index (χ4v) is 6.66. The molecule has 2 aromatic carbocycles. The fourth-order valence-electron chi connectivity index (χ4n) is 6.66. The van der Waals surface area contributed by atoms with Crippen LogP contribution in [0.2, 0.25) is 0 Å². The molecular formula is C35H38N6O4. The Kier molecular flexibility index (Phi) is 9.11. The lowest BCUT2D eigenvalue weighted by molar-refractivity contribution is 0.0599. The quantitative estimate of drug-likeness (QED) is 0.285. The third-order valence-corrected chi connectivity index (χ3v) is 9.13. The fraction of sp³-hybridized carbons (Fsp3) is 0.371. The lowest BCUT2D eigenvalue weighted by Gasteiger charge is -2.35. The maximum atomic E-state index is 14.3. The second-order valence-electron chi connectivity index (χ2n) is 12.0. The zero-order valence-electron chi connectivity index (χ0n) is 25.5. The van der Waals surface area contributed by atoms with E-state index in [1.807, 2.05) is 54.6 Å². The Balaban J connectivity index is 1.31. The normalized spacial score (nSPS) is 16.8. The van der Waals surface area contributed by atoms with Crippen molar-refractivity contribution in [3.8, 4) is 11.3 Å². The predicted octanol–water partition coefficient (Wildman–Crippen LogP) is 5.05. The van der Waals surface area contributed by atoms with Crippen LogP contribution >= 0.6 is 0 Å². The summed E-state index contributed by atoms with van der Waals surface area (Å²) in [6, 6.07) is 17.8. The van der Waals surface area contributed by atoms with E-state index in [1.165, 1.54) is 31.7 Å². The molecule has 232 valence electrons. The number of carboxylic acids is 1. The van der Waals surface area contributed by atoms with Crippen LogP contribution in [-0.4, -0.2) is 79.9 Å². The van der Waals surface area contributed by atoms with Crippen molar-refractivity contribution < 1.29 is 19.5 Å². The number of hydrogen-bond acceptors (Lipinski definition) is 7. The molecule has 45 heavy (non-hydrogen) atoms. The lowest BCUT2D eigenvalue weighted by atomic mass is 9.84. The van der Waals surface area contributed by atoms with Gasteiger partial charge in [0, 0.05) is 67.7 Å². The Morgan fingerprint density at radius 1 is 0.889 bits per heavy atom. The van der Waals surface area contributed by atoms with Crippen LogP contribution in [0, 0.1) is 5.92 Å². The molecule has 2 N–H and O–H groups in total. The first-order valence-electron chi connectivity index (χ1n) is 15.7. The molecule has 1 aliphatic heterocycles. The molecule has 0 unspecified atom stereocenters. The van der Waals surface area contributed by atoms with Gasteiger partial charge in [0.05, 0.1) is 16.8 Å². The number of carbonyl (C=O) groups is 3. The highest BCUT2D eigenvalue weighted by Crippen LogP contribution is 2.33. The summed E-state index contributed by atoms with van der Waals surface area (Å²) >= 11 is 0. The topological polar surface area (TPSA) is 129 Å². The standard InChI is InChI=1S/C35H38N6O4/c1-23(24-10-4-2-5-11-24)38-33(42)29-26-14-8-9-15-28(26)39-30(25-12-6-3-7-13-25)27(29)22-40-18-20-41(21-19-40)34(43)31-32(35(44)45)37-17-16-36-31/h3,6-9,12-17,23-24H,2,4-5,10-11,18-22H2,1H3,(H,38,42)(H,44,45)/t23-/m0/s1. The Bertz CT molecular complexity index is 1700. The number of hydrogen-bond donors (Lipinski definition) is 2. The van der Waals surface area contributed by atoms with Gasteiger partial charge in [0.2, 0.25) is 0 Å². The van der Waals surface area contributed by atoms with Crippen molar-refractivity contribution in [1.82, 2.24) is 30.1 Å². The molecule has 2 aromatic heterocycles. The molecule has 0 spiro atoms. The van der Waals surface area contributed by atoms with Gasteiger partial charge >= 0.3 is 5.97 Å². The summed E-state index contributed by atoms with van der Waals surface area (Å²) in [6.45, 7) is 4.44. The highest BCUT2D eigenvalue weighted by atomic mass is 16.4. The first-order valence-corrected chi connectivity index (χ1v) is 15.7. The van der Waals surface area contributed by atoms with Gasteiger partial charge in [0.1, 0.15) is 0 Å². The number of aromatic carboxylic acids is 1. The molecule has 1 atom stereocenters. The third kappa shape index (κ3) is 6.56. The summed E-state index contributed by atoms with van der Waals surface area (Å²) < 4.78 is 0. The van der Waals surface area contributed by atoms with Gasteiger partial charge in [0.25, 0.3) is 11.8 Å². The number of piperazine rings is 1. The number of carboxylic acid groups (broad SMARTS) is 1. The van der Waals surface area contributed by atoms with Gasteiger partial charge < -0.3 is 15.3 Å². The van der Waals surface area contributed by atoms with Crippen molar-refractivity contribution in [3.63, 3.8) is 0 Å². The smallest absolute Gasteiger partial charge is 0.356 e. The first-order chi connectivity index (χ1) is 21.9. The minimum atomic E-state index is -1.29. The summed E-state index contributed by atoms with van der Waals surface area (Å²) in [6.07, 6.45) is 8.53. The number of carbonyl (C=O) groups excluding carboxylic acids is 2. The second-order valence-corrected chi connectivity index (χ2v) is 12.0. The van der Waals surface area contributed by atoms with Crippen LogP contribution in [0.4, 0.5) is 0 Å². The molecule has 10 heteroatoms.